The van der Waals surface area contributed by atoms with Gasteiger partial charge in [-0.25, -0.2) is 4.89 Å². The number of benzene rings is 1. The molecule has 0 amide bonds. The van der Waals surface area contributed by atoms with Gasteiger partial charge in [-0.1, -0.05) is 30.3 Å². The van der Waals surface area contributed by atoms with Crippen LogP contribution in [0.2, 0.25) is 0 Å². The van der Waals surface area contributed by atoms with Crippen molar-refractivity contribution in [3.05, 3.63) is 35.9 Å². The first-order valence-corrected chi connectivity index (χ1v) is 3.34. The third kappa shape index (κ3) is 2.01. The Kier molecular flexibility index (Phi) is 3.04. The fourth-order valence-corrected chi connectivity index (χ4v) is 0.867. The maximum atomic E-state index is 8.69. The van der Waals surface area contributed by atoms with Crippen LogP contribution in [0.1, 0.15) is 11.7 Å². The van der Waals surface area contributed by atoms with Crippen molar-refractivity contribution in [3.8, 4) is 0 Å². The molecule has 0 bridgehead atoms. The van der Waals surface area contributed by atoms with Gasteiger partial charge in [-0.2, -0.15) is 0 Å². The van der Waals surface area contributed by atoms with Crippen LogP contribution in [-0.4, -0.2) is 17.0 Å². The van der Waals surface area contributed by atoms with Crippen molar-refractivity contribution in [1.82, 2.24) is 0 Å². The van der Waals surface area contributed by atoms with Gasteiger partial charge >= 0.3 is 0 Å². The molecule has 0 saturated carbocycles. The summed E-state index contributed by atoms with van der Waals surface area (Å²) in [6, 6.07) is 9.04. The fourth-order valence-electron chi connectivity index (χ4n) is 0.867. The Balaban J connectivity index is 2.74. The van der Waals surface area contributed by atoms with Crippen LogP contribution < -0.4 is 0 Å². The molecule has 0 heterocycles. The van der Waals surface area contributed by atoms with E-state index in [1.165, 1.54) is 0 Å². The molecule has 0 spiro atoms. The van der Waals surface area contributed by atoms with Crippen molar-refractivity contribution in [2.24, 2.45) is 0 Å². The minimum atomic E-state index is -0.629. The van der Waals surface area contributed by atoms with Crippen LogP contribution in [0.3, 0.4) is 0 Å². The predicted octanol–water partition coefficient (Wildman–Crippen LogP) is 1.21. The minimum Gasteiger partial charge on any atom is -0.393 e. The first-order valence-electron chi connectivity index (χ1n) is 3.34. The Bertz CT molecular complexity index is 194. The first-order chi connectivity index (χ1) is 5.38. The van der Waals surface area contributed by atoms with Gasteiger partial charge in [0.15, 0.2) is 0 Å². The molecule has 0 aromatic heterocycles. The van der Waals surface area contributed by atoms with Gasteiger partial charge in [-0.3, -0.25) is 5.26 Å². The molecular formula is C8H10O3. The zero-order chi connectivity index (χ0) is 8.10. The molecule has 0 aliphatic heterocycles. The van der Waals surface area contributed by atoms with E-state index in [1.807, 2.05) is 18.2 Å². The largest absolute Gasteiger partial charge is 0.393 e. The summed E-state index contributed by atoms with van der Waals surface area (Å²) in [5.41, 5.74) is 0.762. The van der Waals surface area contributed by atoms with Crippen LogP contribution in [0.4, 0.5) is 0 Å². The molecule has 2 N–H and O–H groups in total. The average Bonchev–Trinajstić information content (AvgIpc) is 2.09. The van der Waals surface area contributed by atoms with Crippen molar-refractivity contribution in [2.45, 2.75) is 6.10 Å². The van der Waals surface area contributed by atoms with E-state index in [0.717, 1.165) is 5.56 Å². The highest BCUT2D eigenvalue weighted by molar-refractivity contribution is 5.17. The molecule has 11 heavy (non-hydrogen) atoms. The Labute approximate surface area is 64.8 Å². The normalized spacial score (nSPS) is 12.9. The van der Waals surface area contributed by atoms with Crippen LogP contribution in [-0.2, 0) is 4.89 Å². The van der Waals surface area contributed by atoms with Crippen molar-refractivity contribution >= 4 is 0 Å². The summed E-state index contributed by atoms with van der Waals surface area (Å²) < 4.78 is 0. The van der Waals surface area contributed by atoms with Gasteiger partial charge in [0.05, 0.1) is 6.61 Å². The summed E-state index contributed by atoms with van der Waals surface area (Å²) in [5, 5.41) is 17.0. The van der Waals surface area contributed by atoms with E-state index in [0.29, 0.717) is 0 Å². The molecule has 3 heteroatoms. The van der Waals surface area contributed by atoms with Gasteiger partial charge < -0.3 is 5.11 Å². The summed E-state index contributed by atoms with van der Waals surface area (Å²) in [5.74, 6) is 0. The third-order valence-corrected chi connectivity index (χ3v) is 1.46. The molecule has 0 fully saturated rings. The zero-order valence-corrected chi connectivity index (χ0v) is 5.97. The van der Waals surface area contributed by atoms with E-state index < -0.39 is 6.10 Å². The molecule has 60 valence electrons. The molecule has 0 aliphatic carbocycles. The first kappa shape index (κ1) is 8.20. The summed E-state index contributed by atoms with van der Waals surface area (Å²) in [4.78, 5) is 4.04. The molecule has 0 radical (unpaired) electrons. The molecule has 0 saturated heterocycles. The van der Waals surface area contributed by atoms with Gasteiger partial charge in [0.1, 0.15) is 6.10 Å². The van der Waals surface area contributed by atoms with E-state index in [2.05, 4.69) is 4.89 Å². The summed E-state index contributed by atoms with van der Waals surface area (Å²) in [6.45, 7) is -0.222. The van der Waals surface area contributed by atoms with Crippen molar-refractivity contribution in [3.63, 3.8) is 0 Å². The van der Waals surface area contributed by atoms with Crippen molar-refractivity contribution in [1.29, 1.82) is 0 Å². The molecule has 1 rings (SSSR count). The summed E-state index contributed by atoms with van der Waals surface area (Å²) >= 11 is 0. The van der Waals surface area contributed by atoms with E-state index in [4.69, 9.17) is 10.4 Å². The lowest BCUT2D eigenvalue weighted by Gasteiger charge is -2.08. The standard InChI is InChI=1S/C8H10O3/c9-6-8(11-10)7-4-2-1-3-5-7/h1-5,8-10H,6H2. The minimum absolute atomic E-state index is 0.222. The van der Waals surface area contributed by atoms with Crippen LogP contribution in [0.15, 0.2) is 30.3 Å². The highest BCUT2D eigenvalue weighted by Crippen LogP contribution is 2.13. The smallest absolute Gasteiger partial charge is 0.141 e. The maximum Gasteiger partial charge on any atom is 0.141 e. The van der Waals surface area contributed by atoms with Crippen molar-refractivity contribution in [2.75, 3.05) is 6.61 Å². The Morgan fingerprint density at radius 2 is 1.91 bits per heavy atom. The second-order valence-electron chi connectivity index (χ2n) is 2.19. The molecule has 3 nitrogen and oxygen atoms in total. The zero-order valence-electron chi connectivity index (χ0n) is 5.97. The van der Waals surface area contributed by atoms with Crippen molar-refractivity contribution < 1.29 is 15.3 Å². The second-order valence-corrected chi connectivity index (χ2v) is 2.19. The van der Waals surface area contributed by atoms with Gasteiger partial charge in [-0.05, 0) is 5.56 Å². The van der Waals surface area contributed by atoms with E-state index >= 15 is 0 Å². The lowest BCUT2D eigenvalue weighted by molar-refractivity contribution is -0.288. The molecule has 1 aromatic carbocycles. The number of aliphatic hydroxyl groups is 1. The lowest BCUT2D eigenvalue weighted by atomic mass is 10.1. The summed E-state index contributed by atoms with van der Waals surface area (Å²) in [6.07, 6.45) is -0.629. The number of rotatable bonds is 3. The highest BCUT2D eigenvalue weighted by atomic mass is 17.1. The van der Waals surface area contributed by atoms with E-state index in [1.54, 1.807) is 12.1 Å². The van der Waals surface area contributed by atoms with Gasteiger partial charge in [-0.15, -0.1) is 0 Å². The number of hydrogen-bond acceptors (Lipinski definition) is 3. The molecule has 0 aliphatic rings. The maximum absolute atomic E-state index is 8.69. The molecule has 1 aromatic rings. The SMILES string of the molecule is OCC(OO)c1ccccc1. The van der Waals surface area contributed by atoms with Crippen LogP contribution in [0, 0.1) is 0 Å². The van der Waals surface area contributed by atoms with Gasteiger partial charge in [0.25, 0.3) is 0 Å². The van der Waals surface area contributed by atoms with Gasteiger partial charge in [0.2, 0.25) is 0 Å². The topological polar surface area (TPSA) is 49.7 Å². The number of hydrogen-bond donors (Lipinski definition) is 2. The lowest BCUT2D eigenvalue weighted by Crippen LogP contribution is -2.05. The number of aliphatic hydroxyl groups excluding tert-OH is 1. The van der Waals surface area contributed by atoms with E-state index in [-0.39, 0.29) is 6.61 Å². The van der Waals surface area contributed by atoms with Crippen LogP contribution in [0.5, 0.6) is 0 Å². The second kappa shape index (κ2) is 4.08. The Morgan fingerprint density at radius 1 is 1.27 bits per heavy atom. The summed E-state index contributed by atoms with van der Waals surface area (Å²) in [7, 11) is 0. The van der Waals surface area contributed by atoms with Crippen LogP contribution in [0.25, 0.3) is 0 Å². The van der Waals surface area contributed by atoms with E-state index in [9.17, 15) is 0 Å². The predicted molar refractivity (Wildman–Crippen MR) is 40.0 cm³/mol. The highest BCUT2D eigenvalue weighted by Gasteiger charge is 2.08. The Morgan fingerprint density at radius 3 is 2.36 bits per heavy atom. The fraction of sp³-hybridized carbons (Fsp3) is 0.250. The Hall–Kier alpha value is -0.900. The quantitative estimate of drug-likeness (QED) is 0.508. The molecule has 1 unspecified atom stereocenters. The van der Waals surface area contributed by atoms with Crippen LogP contribution >= 0.6 is 0 Å². The average molecular weight is 154 g/mol. The third-order valence-electron chi connectivity index (χ3n) is 1.46. The molecule has 1 atom stereocenters. The van der Waals surface area contributed by atoms with Gasteiger partial charge in [0, 0.05) is 0 Å². The monoisotopic (exact) mass is 154 g/mol. The molecular weight excluding hydrogens is 144 g/mol.